The van der Waals surface area contributed by atoms with Crippen molar-refractivity contribution >= 4 is 0 Å². The molecular weight excluding hydrogens is 194 g/mol. The van der Waals surface area contributed by atoms with E-state index in [-0.39, 0.29) is 5.92 Å². The summed E-state index contributed by atoms with van der Waals surface area (Å²) in [6.07, 6.45) is 3.12. The third kappa shape index (κ3) is 2.91. The van der Waals surface area contributed by atoms with Gasteiger partial charge in [0.1, 0.15) is 11.8 Å². The molecule has 0 bridgehead atoms. The molecule has 0 aliphatic heterocycles. The summed E-state index contributed by atoms with van der Waals surface area (Å²) in [4.78, 5) is 0. The van der Waals surface area contributed by atoms with Gasteiger partial charge in [-0.25, -0.2) is 0 Å². The average Bonchev–Trinajstić information content (AvgIpc) is 2.28. The molecule has 5 N–H and O–H groups in total. The van der Waals surface area contributed by atoms with Crippen molar-refractivity contribution in [2.75, 3.05) is 0 Å². The van der Waals surface area contributed by atoms with E-state index in [2.05, 4.69) is 0 Å². The number of aliphatic hydroxyl groups excluding tert-OH is 2. The van der Waals surface area contributed by atoms with Crippen LogP contribution in [0.15, 0.2) is 0 Å². The molecule has 0 heterocycles. The number of hydrogen-bond donors (Lipinski definition) is 4. The van der Waals surface area contributed by atoms with E-state index < -0.39 is 17.9 Å². The fraction of sp³-hybridized carbons (Fsp3) is 1.00. The average molecular weight is 217 g/mol. The maximum Gasteiger partial charge on any atom is 0.145 e. The SMILES string of the molecule is CCC(O)C(O)C(N)(O)C1CCCCC1. The van der Waals surface area contributed by atoms with Crippen LogP contribution in [0.25, 0.3) is 0 Å². The van der Waals surface area contributed by atoms with Crippen molar-refractivity contribution in [3.05, 3.63) is 0 Å². The highest BCUT2D eigenvalue weighted by Crippen LogP contribution is 2.32. The second-order valence-electron chi connectivity index (χ2n) is 4.64. The molecule has 15 heavy (non-hydrogen) atoms. The molecule has 3 unspecified atom stereocenters. The molecule has 4 heteroatoms. The molecule has 1 aliphatic rings. The Labute approximate surface area is 91.1 Å². The van der Waals surface area contributed by atoms with Crippen molar-refractivity contribution in [1.82, 2.24) is 0 Å². The van der Waals surface area contributed by atoms with Crippen LogP contribution in [-0.2, 0) is 0 Å². The van der Waals surface area contributed by atoms with Crippen LogP contribution in [0.4, 0.5) is 0 Å². The number of hydrogen-bond acceptors (Lipinski definition) is 4. The summed E-state index contributed by atoms with van der Waals surface area (Å²) < 4.78 is 0. The number of aliphatic hydroxyl groups is 3. The second kappa shape index (κ2) is 5.25. The maximum atomic E-state index is 10.1. The van der Waals surface area contributed by atoms with Crippen molar-refractivity contribution in [3.63, 3.8) is 0 Å². The number of rotatable bonds is 4. The van der Waals surface area contributed by atoms with Crippen molar-refractivity contribution < 1.29 is 15.3 Å². The predicted octanol–water partition coefficient (Wildman–Crippen LogP) is 0.346. The van der Waals surface area contributed by atoms with Gasteiger partial charge in [-0.2, -0.15) is 0 Å². The van der Waals surface area contributed by atoms with Gasteiger partial charge in [0.25, 0.3) is 0 Å². The van der Waals surface area contributed by atoms with Gasteiger partial charge in [-0.15, -0.1) is 0 Å². The molecule has 90 valence electrons. The van der Waals surface area contributed by atoms with Gasteiger partial charge in [0.15, 0.2) is 0 Å². The zero-order chi connectivity index (χ0) is 11.5. The summed E-state index contributed by atoms with van der Waals surface area (Å²) >= 11 is 0. The Kier molecular flexibility index (Phi) is 4.52. The molecule has 4 nitrogen and oxygen atoms in total. The molecule has 1 rings (SSSR count). The lowest BCUT2D eigenvalue weighted by atomic mass is 9.78. The van der Waals surface area contributed by atoms with Crippen LogP contribution in [0.1, 0.15) is 45.4 Å². The van der Waals surface area contributed by atoms with Crippen LogP contribution < -0.4 is 5.73 Å². The minimum atomic E-state index is -1.64. The summed E-state index contributed by atoms with van der Waals surface area (Å²) in [6, 6.07) is 0. The highest BCUT2D eigenvalue weighted by atomic mass is 16.4. The molecule has 0 aromatic heterocycles. The molecule has 3 atom stereocenters. The van der Waals surface area contributed by atoms with E-state index in [1.807, 2.05) is 0 Å². The fourth-order valence-corrected chi connectivity index (χ4v) is 2.34. The van der Waals surface area contributed by atoms with Crippen LogP contribution in [0.2, 0.25) is 0 Å². The monoisotopic (exact) mass is 217 g/mol. The van der Waals surface area contributed by atoms with Crippen LogP contribution in [0.5, 0.6) is 0 Å². The molecule has 0 amide bonds. The quantitative estimate of drug-likeness (QED) is 0.512. The van der Waals surface area contributed by atoms with Crippen molar-refractivity contribution in [1.29, 1.82) is 0 Å². The lowest BCUT2D eigenvalue weighted by Crippen LogP contribution is -2.60. The standard InChI is InChI=1S/C11H23NO3/c1-2-9(13)10(14)11(12,15)8-6-4-3-5-7-8/h8-10,13-15H,2-7,12H2,1H3. The first-order valence-corrected chi connectivity index (χ1v) is 5.87. The molecule has 0 aromatic rings. The summed E-state index contributed by atoms with van der Waals surface area (Å²) in [5, 5.41) is 29.4. The zero-order valence-electron chi connectivity index (χ0n) is 9.39. The summed E-state index contributed by atoms with van der Waals surface area (Å²) in [5.74, 6) is -0.0950. The second-order valence-corrected chi connectivity index (χ2v) is 4.64. The van der Waals surface area contributed by atoms with Gasteiger partial charge in [-0.1, -0.05) is 26.2 Å². The van der Waals surface area contributed by atoms with Gasteiger partial charge in [0, 0.05) is 5.92 Å². The smallest absolute Gasteiger partial charge is 0.145 e. The van der Waals surface area contributed by atoms with Gasteiger partial charge in [0.2, 0.25) is 0 Å². The normalized spacial score (nSPS) is 27.0. The van der Waals surface area contributed by atoms with Gasteiger partial charge in [0.05, 0.1) is 6.10 Å². The first kappa shape index (κ1) is 12.9. The van der Waals surface area contributed by atoms with E-state index in [4.69, 9.17) is 5.73 Å². The summed E-state index contributed by atoms with van der Waals surface area (Å²) in [5.41, 5.74) is 4.11. The molecule has 0 aromatic carbocycles. The Morgan fingerprint density at radius 3 is 2.27 bits per heavy atom. The molecule has 1 saturated carbocycles. The Hall–Kier alpha value is -0.160. The minimum Gasteiger partial charge on any atom is -0.390 e. The molecular formula is C11H23NO3. The van der Waals surface area contributed by atoms with Crippen LogP contribution >= 0.6 is 0 Å². The molecule has 1 fully saturated rings. The van der Waals surface area contributed by atoms with Crippen LogP contribution in [-0.4, -0.2) is 33.3 Å². The third-order valence-electron chi connectivity index (χ3n) is 3.52. The minimum absolute atomic E-state index is 0.0950. The Morgan fingerprint density at radius 2 is 1.80 bits per heavy atom. The van der Waals surface area contributed by atoms with Gasteiger partial charge >= 0.3 is 0 Å². The maximum absolute atomic E-state index is 10.1. The topological polar surface area (TPSA) is 86.7 Å². The Bertz CT molecular complexity index is 186. The highest BCUT2D eigenvalue weighted by molar-refractivity contribution is 4.92. The lowest BCUT2D eigenvalue weighted by Gasteiger charge is -2.40. The van der Waals surface area contributed by atoms with E-state index in [9.17, 15) is 15.3 Å². The molecule has 0 radical (unpaired) electrons. The first-order valence-electron chi connectivity index (χ1n) is 5.87. The van der Waals surface area contributed by atoms with Crippen LogP contribution in [0, 0.1) is 5.92 Å². The fourth-order valence-electron chi connectivity index (χ4n) is 2.34. The van der Waals surface area contributed by atoms with E-state index in [0.29, 0.717) is 6.42 Å². The summed E-state index contributed by atoms with van der Waals surface area (Å²) in [7, 11) is 0. The van der Waals surface area contributed by atoms with Crippen molar-refractivity contribution in [2.24, 2.45) is 11.7 Å². The van der Waals surface area contributed by atoms with E-state index in [1.165, 1.54) is 6.42 Å². The van der Waals surface area contributed by atoms with Crippen LogP contribution in [0.3, 0.4) is 0 Å². The van der Waals surface area contributed by atoms with Crippen molar-refractivity contribution in [2.45, 2.75) is 63.4 Å². The van der Waals surface area contributed by atoms with E-state index >= 15 is 0 Å². The zero-order valence-corrected chi connectivity index (χ0v) is 9.39. The van der Waals surface area contributed by atoms with E-state index in [1.54, 1.807) is 6.92 Å². The van der Waals surface area contributed by atoms with Crippen molar-refractivity contribution in [3.8, 4) is 0 Å². The molecule has 0 spiro atoms. The third-order valence-corrected chi connectivity index (χ3v) is 3.52. The summed E-state index contributed by atoms with van der Waals surface area (Å²) in [6.45, 7) is 1.75. The molecule has 0 saturated heterocycles. The largest absolute Gasteiger partial charge is 0.390 e. The molecule has 1 aliphatic carbocycles. The highest BCUT2D eigenvalue weighted by Gasteiger charge is 2.42. The number of nitrogens with two attached hydrogens (primary N) is 1. The Morgan fingerprint density at radius 1 is 1.27 bits per heavy atom. The van der Waals surface area contributed by atoms with E-state index in [0.717, 1.165) is 25.7 Å². The predicted molar refractivity (Wildman–Crippen MR) is 58.0 cm³/mol. The van der Waals surface area contributed by atoms with Gasteiger partial charge in [-0.3, -0.25) is 0 Å². The van der Waals surface area contributed by atoms with Gasteiger partial charge < -0.3 is 21.1 Å². The van der Waals surface area contributed by atoms with Gasteiger partial charge in [-0.05, 0) is 19.3 Å². The first-order chi connectivity index (χ1) is 7.00. The lowest BCUT2D eigenvalue weighted by molar-refractivity contribution is -0.157. The Balaban J connectivity index is 2.62.